The molecule has 0 fully saturated rings. The molecule has 0 saturated heterocycles. The fourth-order valence-electron chi connectivity index (χ4n) is 4.03. The number of rotatable bonds is 6. The molecule has 0 bridgehead atoms. The van der Waals surface area contributed by atoms with Gasteiger partial charge in [0.15, 0.2) is 0 Å². The van der Waals surface area contributed by atoms with Gasteiger partial charge in [-0.25, -0.2) is 4.98 Å². The van der Waals surface area contributed by atoms with E-state index in [-0.39, 0.29) is 5.69 Å². The summed E-state index contributed by atoms with van der Waals surface area (Å²) in [6.07, 6.45) is 0. The summed E-state index contributed by atoms with van der Waals surface area (Å²) in [7, 11) is 0. The lowest BCUT2D eigenvalue weighted by Crippen LogP contribution is -2.04. The second kappa shape index (κ2) is 9.74. The number of nitro groups is 1. The molecule has 5 rings (SSSR count). The molecule has 0 unspecified atom stereocenters. The molecule has 172 valence electrons. The first-order chi connectivity index (χ1) is 17.0. The van der Waals surface area contributed by atoms with E-state index in [4.69, 9.17) is 28.2 Å². The van der Waals surface area contributed by atoms with Crippen molar-refractivity contribution >= 4 is 28.9 Å². The first-order valence-corrected chi connectivity index (χ1v) is 11.7. The lowest BCUT2D eigenvalue weighted by atomic mass is 10.0. The van der Waals surface area contributed by atoms with E-state index in [1.54, 1.807) is 12.1 Å². The number of halogens is 2. The van der Waals surface area contributed by atoms with Gasteiger partial charge >= 0.3 is 0 Å². The maximum absolute atomic E-state index is 11.2. The molecule has 0 amide bonds. The number of benzene rings is 4. The fourth-order valence-corrected chi connectivity index (χ4v) is 4.29. The molecule has 5 aromatic rings. The van der Waals surface area contributed by atoms with Crippen LogP contribution in [0.3, 0.4) is 0 Å². The quantitative estimate of drug-likeness (QED) is 0.175. The number of nitro benzene ring substituents is 1. The highest BCUT2D eigenvalue weighted by atomic mass is 35.5. The molecule has 0 saturated carbocycles. The Hall–Kier alpha value is -3.93. The minimum atomic E-state index is -0.404. The molecule has 1 aromatic heterocycles. The molecule has 7 heteroatoms. The molecule has 0 aliphatic carbocycles. The van der Waals surface area contributed by atoms with E-state index in [0.29, 0.717) is 22.4 Å². The van der Waals surface area contributed by atoms with Gasteiger partial charge in [-0.05, 0) is 42.0 Å². The molecule has 4 aromatic carbocycles. The third-order valence-electron chi connectivity index (χ3n) is 5.72. The first kappa shape index (κ1) is 22.8. The smallest absolute Gasteiger partial charge is 0.269 e. The van der Waals surface area contributed by atoms with Gasteiger partial charge in [0.1, 0.15) is 5.82 Å². The molecule has 1 heterocycles. The molecule has 0 N–H and O–H groups in total. The van der Waals surface area contributed by atoms with E-state index in [9.17, 15) is 10.1 Å². The van der Waals surface area contributed by atoms with Gasteiger partial charge in [-0.2, -0.15) is 0 Å². The molecule has 0 aliphatic rings. The Morgan fingerprint density at radius 1 is 0.714 bits per heavy atom. The number of aromatic nitrogens is 2. The van der Waals surface area contributed by atoms with Crippen LogP contribution < -0.4 is 0 Å². The molecule has 0 atom stereocenters. The third kappa shape index (κ3) is 4.83. The van der Waals surface area contributed by atoms with E-state index < -0.39 is 4.92 Å². The minimum Gasteiger partial charge on any atom is -0.319 e. The van der Waals surface area contributed by atoms with E-state index in [2.05, 4.69) is 16.7 Å². The largest absolute Gasteiger partial charge is 0.319 e. The normalized spacial score (nSPS) is 10.9. The predicted molar refractivity (Wildman–Crippen MR) is 141 cm³/mol. The predicted octanol–water partition coefficient (Wildman–Crippen LogP) is 8.15. The number of non-ortho nitro benzene ring substituents is 1. The van der Waals surface area contributed by atoms with Crippen LogP contribution in [-0.4, -0.2) is 14.5 Å². The van der Waals surface area contributed by atoms with E-state index >= 15 is 0 Å². The molecule has 0 aliphatic heterocycles. The van der Waals surface area contributed by atoms with Gasteiger partial charge in [-0.3, -0.25) is 10.1 Å². The van der Waals surface area contributed by atoms with Crippen LogP contribution in [0.2, 0.25) is 10.0 Å². The zero-order chi connectivity index (χ0) is 24.4. The molecule has 0 spiro atoms. The average molecular weight is 500 g/mol. The van der Waals surface area contributed by atoms with Crippen molar-refractivity contribution in [1.29, 1.82) is 0 Å². The maximum Gasteiger partial charge on any atom is 0.269 e. The standard InChI is InChI=1S/C28H19Cl2N3O2/c29-23-12-6-20(7-13-23)26-27(21-8-14-24(30)15-9-21)32(18-19-4-2-1-3-5-19)28(31-26)22-10-16-25(17-11-22)33(34)35/h1-17H,18H2. The highest BCUT2D eigenvalue weighted by Gasteiger charge is 2.22. The van der Waals surface area contributed by atoms with E-state index in [1.807, 2.05) is 66.7 Å². The van der Waals surface area contributed by atoms with Crippen molar-refractivity contribution in [2.45, 2.75) is 6.54 Å². The average Bonchev–Trinajstić information content (AvgIpc) is 3.24. The summed E-state index contributed by atoms with van der Waals surface area (Å²) < 4.78 is 2.14. The zero-order valence-electron chi connectivity index (χ0n) is 18.4. The van der Waals surface area contributed by atoms with Gasteiger partial charge in [0.05, 0.1) is 16.3 Å². The summed E-state index contributed by atoms with van der Waals surface area (Å²) in [5.41, 5.74) is 5.48. The van der Waals surface area contributed by atoms with Crippen LogP contribution in [0, 0.1) is 10.1 Å². The summed E-state index contributed by atoms with van der Waals surface area (Å²) in [4.78, 5) is 15.9. The Balaban J connectivity index is 1.78. The maximum atomic E-state index is 11.2. The van der Waals surface area contributed by atoms with Crippen LogP contribution in [0.4, 0.5) is 5.69 Å². The van der Waals surface area contributed by atoms with Gasteiger partial charge in [0, 0.05) is 45.4 Å². The van der Waals surface area contributed by atoms with Gasteiger partial charge in [-0.15, -0.1) is 0 Å². The molecular weight excluding hydrogens is 481 g/mol. The first-order valence-electron chi connectivity index (χ1n) is 10.9. The number of hydrogen-bond acceptors (Lipinski definition) is 3. The van der Waals surface area contributed by atoms with Crippen molar-refractivity contribution < 1.29 is 4.92 Å². The highest BCUT2D eigenvalue weighted by molar-refractivity contribution is 6.31. The van der Waals surface area contributed by atoms with Crippen LogP contribution in [0.1, 0.15) is 5.56 Å². The molecule has 0 radical (unpaired) electrons. The Labute approximate surface area is 212 Å². The zero-order valence-corrected chi connectivity index (χ0v) is 19.9. The van der Waals surface area contributed by atoms with Crippen molar-refractivity contribution in [3.05, 3.63) is 129 Å². The fraction of sp³-hybridized carbons (Fsp3) is 0.0357. The van der Waals surface area contributed by atoms with Crippen LogP contribution in [0.5, 0.6) is 0 Å². The Morgan fingerprint density at radius 3 is 1.83 bits per heavy atom. The topological polar surface area (TPSA) is 61.0 Å². The minimum absolute atomic E-state index is 0.0331. The summed E-state index contributed by atoms with van der Waals surface area (Å²) in [5.74, 6) is 0.707. The van der Waals surface area contributed by atoms with Crippen molar-refractivity contribution in [2.75, 3.05) is 0 Å². The molecular formula is C28H19Cl2N3O2. The van der Waals surface area contributed by atoms with Crippen molar-refractivity contribution in [3.8, 4) is 33.9 Å². The van der Waals surface area contributed by atoms with Crippen LogP contribution in [-0.2, 0) is 6.54 Å². The van der Waals surface area contributed by atoms with Crippen molar-refractivity contribution in [2.24, 2.45) is 0 Å². The van der Waals surface area contributed by atoms with Gasteiger partial charge in [0.25, 0.3) is 5.69 Å². The summed E-state index contributed by atoms with van der Waals surface area (Å²) >= 11 is 12.4. The second-order valence-electron chi connectivity index (χ2n) is 8.02. The van der Waals surface area contributed by atoms with Crippen LogP contribution in [0.25, 0.3) is 33.9 Å². The van der Waals surface area contributed by atoms with Crippen molar-refractivity contribution in [1.82, 2.24) is 9.55 Å². The monoisotopic (exact) mass is 499 g/mol. The third-order valence-corrected chi connectivity index (χ3v) is 6.23. The van der Waals surface area contributed by atoms with Crippen LogP contribution in [0.15, 0.2) is 103 Å². The number of nitrogens with zero attached hydrogens (tertiary/aromatic N) is 3. The summed E-state index contributed by atoms with van der Waals surface area (Å²) in [6, 6.07) is 31.8. The summed E-state index contributed by atoms with van der Waals surface area (Å²) in [5, 5.41) is 12.5. The number of hydrogen-bond donors (Lipinski definition) is 0. The van der Waals surface area contributed by atoms with E-state index in [0.717, 1.165) is 33.6 Å². The SMILES string of the molecule is O=[N+]([O-])c1ccc(-c2nc(-c3ccc(Cl)cc3)c(-c3ccc(Cl)cc3)n2Cc2ccccc2)cc1. The van der Waals surface area contributed by atoms with Gasteiger partial charge < -0.3 is 4.57 Å². The summed E-state index contributed by atoms with van der Waals surface area (Å²) in [6.45, 7) is 0.561. The highest BCUT2D eigenvalue weighted by Crippen LogP contribution is 2.38. The van der Waals surface area contributed by atoms with Gasteiger partial charge in [0.2, 0.25) is 0 Å². The van der Waals surface area contributed by atoms with Crippen LogP contribution >= 0.6 is 23.2 Å². The Kier molecular flexibility index (Phi) is 6.36. The molecule has 5 nitrogen and oxygen atoms in total. The lowest BCUT2D eigenvalue weighted by molar-refractivity contribution is -0.384. The molecule has 35 heavy (non-hydrogen) atoms. The van der Waals surface area contributed by atoms with E-state index in [1.165, 1.54) is 12.1 Å². The van der Waals surface area contributed by atoms with Crippen molar-refractivity contribution in [3.63, 3.8) is 0 Å². The lowest BCUT2D eigenvalue weighted by Gasteiger charge is -2.14. The Bertz CT molecular complexity index is 1480. The van der Waals surface area contributed by atoms with Gasteiger partial charge in [-0.1, -0.05) is 77.8 Å². The number of imidazole rings is 1. The second-order valence-corrected chi connectivity index (χ2v) is 8.90. The Morgan fingerprint density at radius 2 is 1.26 bits per heavy atom.